The average molecular weight is 264 g/mol. The first-order valence-electron chi connectivity index (χ1n) is 5.87. The molecule has 0 bridgehead atoms. The Hall–Kier alpha value is -1.69. The Morgan fingerprint density at radius 2 is 2.28 bits per heavy atom. The molecule has 0 aromatic carbocycles. The number of hydrogen-bond donors (Lipinski definition) is 1. The Morgan fingerprint density at radius 3 is 3.00 bits per heavy atom. The maximum atomic E-state index is 5.59. The molecule has 6 heteroatoms. The van der Waals surface area contributed by atoms with Crippen LogP contribution in [-0.2, 0) is 6.42 Å². The number of aryl methyl sites for hydroxylation is 1. The summed E-state index contributed by atoms with van der Waals surface area (Å²) in [5.41, 5.74) is 2.94. The molecule has 0 spiro atoms. The number of rotatable bonds is 6. The fourth-order valence-electron chi connectivity index (χ4n) is 1.50. The molecule has 2 aromatic heterocycles. The molecule has 1 N–H and O–H groups in total. The summed E-state index contributed by atoms with van der Waals surface area (Å²) in [7, 11) is 0. The van der Waals surface area contributed by atoms with Gasteiger partial charge in [0.05, 0.1) is 30.2 Å². The molecular formula is C12H16N4OS. The van der Waals surface area contributed by atoms with E-state index in [1.807, 2.05) is 19.4 Å². The van der Waals surface area contributed by atoms with Crippen LogP contribution in [0.2, 0.25) is 0 Å². The van der Waals surface area contributed by atoms with Gasteiger partial charge in [-0.05, 0) is 13.8 Å². The van der Waals surface area contributed by atoms with E-state index in [4.69, 9.17) is 4.74 Å². The number of nitrogens with one attached hydrogen (secondary N) is 1. The van der Waals surface area contributed by atoms with Crippen LogP contribution in [0.3, 0.4) is 0 Å². The monoisotopic (exact) mass is 264 g/mol. The van der Waals surface area contributed by atoms with Crippen LogP contribution < -0.4 is 10.1 Å². The summed E-state index contributed by atoms with van der Waals surface area (Å²) in [5, 5.41) is 3.10. The van der Waals surface area contributed by atoms with E-state index in [-0.39, 0.29) is 0 Å². The minimum absolute atomic E-state index is 0.551. The van der Waals surface area contributed by atoms with E-state index in [0.717, 1.165) is 24.5 Å². The minimum Gasteiger partial charge on any atom is -0.476 e. The van der Waals surface area contributed by atoms with Crippen molar-refractivity contribution in [2.24, 2.45) is 0 Å². The van der Waals surface area contributed by atoms with E-state index in [1.165, 1.54) is 4.88 Å². The molecule has 0 fully saturated rings. The Morgan fingerprint density at radius 1 is 1.39 bits per heavy atom. The summed E-state index contributed by atoms with van der Waals surface area (Å²) >= 11 is 1.66. The third-order valence-electron chi connectivity index (χ3n) is 2.39. The first-order valence-corrected chi connectivity index (χ1v) is 6.75. The Balaban J connectivity index is 1.86. The molecule has 0 radical (unpaired) electrons. The van der Waals surface area contributed by atoms with Gasteiger partial charge >= 0.3 is 0 Å². The first kappa shape index (κ1) is 12.8. The van der Waals surface area contributed by atoms with Crippen molar-refractivity contribution >= 4 is 17.2 Å². The highest BCUT2D eigenvalue weighted by molar-refractivity contribution is 7.09. The number of hydrogen-bond acceptors (Lipinski definition) is 6. The van der Waals surface area contributed by atoms with E-state index in [2.05, 4.69) is 20.3 Å². The lowest BCUT2D eigenvalue weighted by Crippen LogP contribution is -2.05. The summed E-state index contributed by atoms with van der Waals surface area (Å²) in [6.45, 7) is 5.44. The van der Waals surface area contributed by atoms with Crippen molar-refractivity contribution < 1.29 is 4.74 Å². The van der Waals surface area contributed by atoms with Crippen molar-refractivity contribution in [3.05, 3.63) is 28.5 Å². The van der Waals surface area contributed by atoms with Crippen molar-refractivity contribution in [1.29, 1.82) is 0 Å². The van der Waals surface area contributed by atoms with Gasteiger partial charge in [0.25, 0.3) is 0 Å². The smallest absolute Gasteiger partial charge is 0.234 e. The van der Waals surface area contributed by atoms with Gasteiger partial charge in [-0.25, -0.2) is 4.98 Å². The lowest BCUT2D eigenvalue weighted by molar-refractivity contribution is 0.309. The third-order valence-corrected chi connectivity index (χ3v) is 3.39. The molecule has 96 valence electrons. The highest BCUT2D eigenvalue weighted by atomic mass is 32.1. The minimum atomic E-state index is 0.551. The van der Waals surface area contributed by atoms with Gasteiger partial charge in [0.1, 0.15) is 5.82 Å². The van der Waals surface area contributed by atoms with Gasteiger partial charge in [0, 0.05) is 17.8 Å². The highest BCUT2D eigenvalue weighted by Crippen LogP contribution is 2.14. The number of anilines is 1. The Bertz CT molecular complexity index is 500. The molecule has 0 saturated heterocycles. The van der Waals surface area contributed by atoms with Crippen LogP contribution >= 0.6 is 11.3 Å². The number of ether oxygens (including phenoxy) is 1. The van der Waals surface area contributed by atoms with Gasteiger partial charge in [0.15, 0.2) is 0 Å². The second-order valence-electron chi connectivity index (χ2n) is 3.73. The first-order chi connectivity index (χ1) is 8.79. The van der Waals surface area contributed by atoms with Crippen molar-refractivity contribution in [2.75, 3.05) is 18.5 Å². The van der Waals surface area contributed by atoms with Crippen LogP contribution in [0.1, 0.15) is 17.5 Å². The van der Waals surface area contributed by atoms with Crippen LogP contribution in [-0.4, -0.2) is 28.1 Å². The molecule has 0 aliphatic rings. The highest BCUT2D eigenvalue weighted by Gasteiger charge is 2.03. The molecule has 2 rings (SSSR count). The summed E-state index contributed by atoms with van der Waals surface area (Å²) < 4.78 is 5.59. The van der Waals surface area contributed by atoms with Crippen molar-refractivity contribution in [1.82, 2.24) is 15.0 Å². The number of thiazole rings is 1. The molecule has 18 heavy (non-hydrogen) atoms. The summed E-state index contributed by atoms with van der Waals surface area (Å²) in [5.74, 6) is 1.29. The normalized spacial score (nSPS) is 10.3. The van der Waals surface area contributed by atoms with Crippen LogP contribution in [0.15, 0.2) is 17.9 Å². The van der Waals surface area contributed by atoms with Crippen molar-refractivity contribution in [2.45, 2.75) is 20.3 Å². The number of aromatic nitrogens is 3. The standard InChI is InChI=1S/C12H16N4OS/c1-3-14-11-6-13-7-12(16-11)17-5-4-10-9(2)15-8-18-10/h6-8H,3-5H2,1-2H3,(H,14,16). The molecule has 5 nitrogen and oxygen atoms in total. The summed E-state index contributed by atoms with van der Waals surface area (Å²) in [6.07, 6.45) is 4.16. The molecular weight excluding hydrogens is 248 g/mol. The second-order valence-corrected chi connectivity index (χ2v) is 4.67. The molecule has 0 unspecified atom stereocenters. The van der Waals surface area contributed by atoms with Crippen molar-refractivity contribution in [3.8, 4) is 5.88 Å². The van der Waals surface area contributed by atoms with Crippen LogP contribution in [0, 0.1) is 6.92 Å². The largest absolute Gasteiger partial charge is 0.476 e. The Kier molecular flexibility index (Phi) is 4.46. The van der Waals surface area contributed by atoms with Crippen LogP contribution in [0.5, 0.6) is 5.88 Å². The maximum absolute atomic E-state index is 5.59. The van der Waals surface area contributed by atoms with Crippen LogP contribution in [0.25, 0.3) is 0 Å². The van der Waals surface area contributed by atoms with Gasteiger partial charge in [-0.1, -0.05) is 0 Å². The quantitative estimate of drug-likeness (QED) is 0.867. The SMILES string of the molecule is CCNc1cncc(OCCc2scnc2C)n1. The molecule has 0 aliphatic heterocycles. The van der Waals surface area contributed by atoms with E-state index < -0.39 is 0 Å². The summed E-state index contributed by atoms with van der Waals surface area (Å²) in [6, 6.07) is 0. The van der Waals surface area contributed by atoms with Gasteiger partial charge in [0.2, 0.25) is 5.88 Å². The zero-order valence-electron chi connectivity index (χ0n) is 10.5. The third kappa shape index (κ3) is 3.40. The van der Waals surface area contributed by atoms with Gasteiger partial charge in [-0.2, -0.15) is 4.98 Å². The number of nitrogens with zero attached hydrogens (tertiary/aromatic N) is 3. The van der Waals surface area contributed by atoms with E-state index in [9.17, 15) is 0 Å². The summed E-state index contributed by atoms with van der Waals surface area (Å²) in [4.78, 5) is 13.8. The molecule has 0 saturated carbocycles. The second kappa shape index (κ2) is 6.30. The van der Waals surface area contributed by atoms with E-state index >= 15 is 0 Å². The van der Waals surface area contributed by atoms with E-state index in [1.54, 1.807) is 23.7 Å². The molecule has 0 amide bonds. The van der Waals surface area contributed by atoms with Crippen LogP contribution in [0.4, 0.5) is 5.82 Å². The molecule has 0 atom stereocenters. The zero-order chi connectivity index (χ0) is 12.8. The predicted molar refractivity (Wildman–Crippen MR) is 72.2 cm³/mol. The lowest BCUT2D eigenvalue weighted by atomic mass is 10.3. The molecule has 0 aliphatic carbocycles. The topological polar surface area (TPSA) is 59.9 Å². The van der Waals surface area contributed by atoms with Crippen molar-refractivity contribution in [3.63, 3.8) is 0 Å². The molecule has 2 aromatic rings. The fourth-order valence-corrected chi connectivity index (χ4v) is 2.26. The Labute approximate surface area is 110 Å². The maximum Gasteiger partial charge on any atom is 0.234 e. The van der Waals surface area contributed by atoms with Gasteiger partial charge in [-0.3, -0.25) is 4.98 Å². The zero-order valence-corrected chi connectivity index (χ0v) is 11.3. The van der Waals surface area contributed by atoms with E-state index in [0.29, 0.717) is 12.5 Å². The predicted octanol–water partition coefficient (Wildman–Crippen LogP) is 2.29. The average Bonchev–Trinajstić information content (AvgIpc) is 2.76. The molecule has 2 heterocycles. The lowest BCUT2D eigenvalue weighted by Gasteiger charge is -2.06. The van der Waals surface area contributed by atoms with Gasteiger partial charge < -0.3 is 10.1 Å². The van der Waals surface area contributed by atoms with Gasteiger partial charge in [-0.15, -0.1) is 11.3 Å². The fraction of sp³-hybridized carbons (Fsp3) is 0.417.